The molecule has 0 radical (unpaired) electrons. The van der Waals surface area contributed by atoms with Gasteiger partial charge >= 0.3 is 0 Å². The van der Waals surface area contributed by atoms with Crippen molar-refractivity contribution >= 4 is 43.5 Å². The van der Waals surface area contributed by atoms with Crippen LogP contribution in [0.15, 0.2) is 75.7 Å². The Bertz CT molecular complexity index is 1040. The van der Waals surface area contributed by atoms with Crippen LogP contribution in [0, 0.1) is 11.3 Å². The highest BCUT2D eigenvalue weighted by Gasteiger charge is 2.12. The Hall–Kier alpha value is -2.55. The van der Waals surface area contributed by atoms with Crippen molar-refractivity contribution in [1.82, 2.24) is 0 Å². The van der Waals surface area contributed by atoms with Crippen LogP contribution in [0.4, 0.5) is 0 Å². The minimum atomic E-state index is 0.433. The first-order valence-corrected chi connectivity index (χ1v) is 10.7. The summed E-state index contributed by atoms with van der Waals surface area (Å²) in [5.74, 6) is 1.29. The highest BCUT2D eigenvalue weighted by molar-refractivity contribution is 9.10. The lowest BCUT2D eigenvalue weighted by Crippen LogP contribution is -2.00. The summed E-state index contributed by atoms with van der Waals surface area (Å²) in [6.45, 7) is 2.88. The molecule has 0 aliphatic rings. The van der Waals surface area contributed by atoms with Gasteiger partial charge in [0.15, 0.2) is 11.5 Å². The zero-order valence-electron chi connectivity index (χ0n) is 15.9. The number of nitriles is 1. The molecule has 0 aliphatic heterocycles. The Morgan fingerprint density at radius 2 is 1.66 bits per heavy atom. The first-order chi connectivity index (χ1) is 14.1. The standard InChI is InChI=1S/C24H19Br2NO2/c1-2-28-23-13-19(12-20(15-27)18-6-4-3-5-7-18)22(26)14-24(23)29-16-17-8-10-21(25)11-9-17/h3-14H,2,16H2,1H3/b20-12+. The number of allylic oxidation sites excluding steroid dienone is 1. The second kappa shape index (κ2) is 10.3. The zero-order valence-corrected chi connectivity index (χ0v) is 19.0. The summed E-state index contributed by atoms with van der Waals surface area (Å²) in [6.07, 6.45) is 1.85. The van der Waals surface area contributed by atoms with E-state index in [4.69, 9.17) is 9.47 Å². The van der Waals surface area contributed by atoms with E-state index >= 15 is 0 Å². The van der Waals surface area contributed by atoms with Gasteiger partial charge in [0.05, 0.1) is 18.2 Å². The molecule has 0 heterocycles. The van der Waals surface area contributed by atoms with Gasteiger partial charge in [-0.1, -0.05) is 74.3 Å². The van der Waals surface area contributed by atoms with Crippen LogP contribution in [0.25, 0.3) is 11.6 Å². The van der Waals surface area contributed by atoms with E-state index in [1.165, 1.54) is 0 Å². The molecule has 29 heavy (non-hydrogen) atoms. The van der Waals surface area contributed by atoms with Gasteiger partial charge < -0.3 is 9.47 Å². The molecule has 3 rings (SSSR count). The monoisotopic (exact) mass is 511 g/mol. The van der Waals surface area contributed by atoms with Gasteiger partial charge in [-0.2, -0.15) is 5.26 Å². The third kappa shape index (κ3) is 5.72. The molecule has 3 nitrogen and oxygen atoms in total. The first-order valence-electron chi connectivity index (χ1n) is 9.11. The molecule has 5 heteroatoms. The lowest BCUT2D eigenvalue weighted by atomic mass is 10.0. The van der Waals surface area contributed by atoms with Crippen LogP contribution in [0.3, 0.4) is 0 Å². The third-order valence-corrected chi connectivity index (χ3v) is 5.39. The zero-order chi connectivity index (χ0) is 20.6. The van der Waals surface area contributed by atoms with E-state index in [-0.39, 0.29) is 0 Å². The van der Waals surface area contributed by atoms with Crippen molar-refractivity contribution in [3.8, 4) is 17.6 Å². The number of ether oxygens (including phenoxy) is 2. The molecule has 0 saturated heterocycles. The van der Waals surface area contributed by atoms with Gasteiger partial charge in [0.1, 0.15) is 6.61 Å². The van der Waals surface area contributed by atoms with Crippen LogP contribution in [-0.2, 0) is 6.61 Å². The molecule has 0 aromatic heterocycles. The van der Waals surface area contributed by atoms with Gasteiger partial charge in [0, 0.05) is 8.95 Å². The summed E-state index contributed by atoms with van der Waals surface area (Å²) >= 11 is 7.04. The van der Waals surface area contributed by atoms with Crippen molar-refractivity contribution in [2.24, 2.45) is 0 Å². The van der Waals surface area contributed by atoms with Crippen molar-refractivity contribution in [3.05, 3.63) is 92.4 Å². The van der Waals surface area contributed by atoms with Gasteiger partial charge in [-0.15, -0.1) is 0 Å². The average Bonchev–Trinajstić information content (AvgIpc) is 2.74. The minimum absolute atomic E-state index is 0.433. The average molecular weight is 513 g/mol. The van der Waals surface area contributed by atoms with Gasteiger partial charge in [-0.3, -0.25) is 0 Å². The highest BCUT2D eigenvalue weighted by atomic mass is 79.9. The molecule has 0 aliphatic carbocycles. The number of hydrogen-bond donors (Lipinski definition) is 0. The fraction of sp³-hybridized carbons (Fsp3) is 0.125. The number of nitrogens with zero attached hydrogens (tertiary/aromatic N) is 1. The van der Waals surface area contributed by atoms with Gasteiger partial charge in [0.25, 0.3) is 0 Å². The molecule has 0 fully saturated rings. The Balaban J connectivity index is 1.90. The maximum absolute atomic E-state index is 9.60. The topological polar surface area (TPSA) is 42.2 Å². The minimum Gasteiger partial charge on any atom is -0.490 e. The van der Waals surface area contributed by atoms with E-state index in [1.54, 1.807) is 0 Å². The molecular formula is C24H19Br2NO2. The second-order valence-electron chi connectivity index (χ2n) is 6.20. The van der Waals surface area contributed by atoms with E-state index in [0.29, 0.717) is 30.3 Å². The molecule has 146 valence electrons. The molecular weight excluding hydrogens is 494 g/mol. The molecule has 0 saturated carbocycles. The normalized spacial score (nSPS) is 11.0. The largest absolute Gasteiger partial charge is 0.490 e. The van der Waals surface area contributed by atoms with E-state index in [2.05, 4.69) is 37.9 Å². The lowest BCUT2D eigenvalue weighted by molar-refractivity contribution is 0.269. The maximum Gasteiger partial charge on any atom is 0.162 e. The summed E-state index contributed by atoms with van der Waals surface area (Å²) in [6, 6.07) is 23.6. The van der Waals surface area contributed by atoms with Crippen LogP contribution < -0.4 is 9.47 Å². The highest BCUT2D eigenvalue weighted by Crippen LogP contribution is 2.36. The molecule has 0 N–H and O–H groups in total. The molecule has 3 aromatic carbocycles. The molecule has 0 bridgehead atoms. The number of hydrogen-bond acceptors (Lipinski definition) is 3. The van der Waals surface area contributed by atoms with Crippen LogP contribution in [0.1, 0.15) is 23.6 Å². The quantitative estimate of drug-likeness (QED) is 0.247. The van der Waals surface area contributed by atoms with E-state index in [0.717, 1.165) is 25.6 Å². The summed E-state index contributed by atoms with van der Waals surface area (Å²) in [4.78, 5) is 0. The van der Waals surface area contributed by atoms with Crippen molar-refractivity contribution < 1.29 is 9.47 Å². The molecule has 0 atom stereocenters. The van der Waals surface area contributed by atoms with Crippen molar-refractivity contribution in [1.29, 1.82) is 5.26 Å². The molecule has 0 unspecified atom stereocenters. The fourth-order valence-corrected chi connectivity index (χ4v) is 3.44. The van der Waals surface area contributed by atoms with E-state index in [1.807, 2.05) is 79.7 Å². The Morgan fingerprint density at radius 1 is 0.966 bits per heavy atom. The maximum atomic E-state index is 9.60. The number of rotatable bonds is 7. The molecule has 0 amide bonds. The van der Waals surface area contributed by atoms with Crippen LogP contribution in [0.5, 0.6) is 11.5 Å². The van der Waals surface area contributed by atoms with E-state index in [9.17, 15) is 5.26 Å². The Kier molecular flexibility index (Phi) is 7.51. The van der Waals surface area contributed by atoms with Crippen LogP contribution >= 0.6 is 31.9 Å². The fourth-order valence-electron chi connectivity index (χ4n) is 2.74. The Morgan fingerprint density at radius 3 is 2.31 bits per heavy atom. The number of halogens is 2. The number of benzene rings is 3. The predicted molar refractivity (Wildman–Crippen MR) is 124 cm³/mol. The first kappa shape index (κ1) is 21.2. The van der Waals surface area contributed by atoms with E-state index < -0.39 is 0 Å². The van der Waals surface area contributed by atoms with Gasteiger partial charge in [-0.05, 0) is 54.0 Å². The van der Waals surface area contributed by atoms with Gasteiger partial charge in [-0.25, -0.2) is 0 Å². The second-order valence-corrected chi connectivity index (χ2v) is 7.97. The van der Waals surface area contributed by atoms with Crippen LogP contribution in [-0.4, -0.2) is 6.61 Å². The summed E-state index contributed by atoms with van der Waals surface area (Å²) in [5.41, 5.74) is 3.36. The molecule has 0 spiro atoms. The predicted octanol–water partition coefficient (Wildman–Crippen LogP) is 7.25. The van der Waals surface area contributed by atoms with Crippen molar-refractivity contribution in [3.63, 3.8) is 0 Å². The van der Waals surface area contributed by atoms with Gasteiger partial charge in [0.2, 0.25) is 0 Å². The summed E-state index contributed by atoms with van der Waals surface area (Å²) in [7, 11) is 0. The summed E-state index contributed by atoms with van der Waals surface area (Å²) < 4.78 is 13.7. The lowest BCUT2D eigenvalue weighted by Gasteiger charge is -2.14. The smallest absolute Gasteiger partial charge is 0.162 e. The molecule has 3 aromatic rings. The third-order valence-electron chi connectivity index (χ3n) is 4.18. The Labute approximate surface area is 187 Å². The van der Waals surface area contributed by atoms with Crippen molar-refractivity contribution in [2.45, 2.75) is 13.5 Å². The van der Waals surface area contributed by atoms with Crippen LogP contribution in [0.2, 0.25) is 0 Å². The summed E-state index contributed by atoms with van der Waals surface area (Å²) in [5, 5.41) is 9.60. The van der Waals surface area contributed by atoms with Crippen molar-refractivity contribution in [2.75, 3.05) is 6.61 Å². The SMILES string of the molecule is CCOc1cc(/C=C(\C#N)c2ccccc2)c(Br)cc1OCc1ccc(Br)cc1.